The fourth-order valence-electron chi connectivity index (χ4n) is 3.18. The maximum atomic E-state index is 6.14. The first-order valence-corrected chi connectivity index (χ1v) is 8.01. The first-order chi connectivity index (χ1) is 12.2. The van der Waals surface area contributed by atoms with Crippen LogP contribution < -0.4 is 29.0 Å². The summed E-state index contributed by atoms with van der Waals surface area (Å²) in [6, 6.07) is 7.65. The minimum absolute atomic E-state index is 0.0864. The molecule has 2 aromatic rings. The van der Waals surface area contributed by atoms with E-state index in [-0.39, 0.29) is 5.92 Å². The van der Waals surface area contributed by atoms with Gasteiger partial charge in [-0.05, 0) is 19.2 Å². The molecule has 1 heterocycles. The van der Waals surface area contributed by atoms with E-state index in [1.165, 1.54) is 0 Å². The number of hydrogen-bond donors (Lipinski definition) is 1. The largest absolute Gasteiger partial charge is 0.493 e. The van der Waals surface area contributed by atoms with Crippen LogP contribution in [0.5, 0.6) is 34.5 Å². The third-order valence-electron chi connectivity index (χ3n) is 4.41. The minimum Gasteiger partial charge on any atom is -0.493 e. The highest BCUT2D eigenvalue weighted by Crippen LogP contribution is 2.50. The van der Waals surface area contributed by atoms with Crippen molar-refractivity contribution >= 4 is 0 Å². The molecule has 0 unspecified atom stereocenters. The highest BCUT2D eigenvalue weighted by molar-refractivity contribution is 5.63. The Morgan fingerprint density at radius 3 is 1.52 bits per heavy atom. The Balaban J connectivity index is 2.18. The average molecular weight is 345 g/mol. The van der Waals surface area contributed by atoms with Crippen molar-refractivity contribution in [3.63, 3.8) is 0 Å². The van der Waals surface area contributed by atoms with Crippen molar-refractivity contribution in [2.75, 3.05) is 42.0 Å². The predicted octanol–water partition coefficient (Wildman–Crippen LogP) is 3.18. The van der Waals surface area contributed by atoms with Gasteiger partial charge in [0.1, 0.15) is 11.5 Å². The highest BCUT2D eigenvalue weighted by atomic mass is 16.5. The summed E-state index contributed by atoms with van der Waals surface area (Å²) in [6.45, 7) is 0.744. The molecule has 1 aliphatic heterocycles. The summed E-state index contributed by atoms with van der Waals surface area (Å²) in [5, 5.41) is 3.25. The zero-order chi connectivity index (χ0) is 18.0. The van der Waals surface area contributed by atoms with E-state index in [1.807, 2.05) is 31.3 Å². The molecule has 0 bridgehead atoms. The molecular formula is C19H23NO5. The highest BCUT2D eigenvalue weighted by Gasteiger charge is 2.30. The van der Waals surface area contributed by atoms with Gasteiger partial charge in [0.15, 0.2) is 23.0 Å². The second kappa shape index (κ2) is 7.11. The number of rotatable bonds is 6. The first kappa shape index (κ1) is 17.2. The molecule has 0 saturated heterocycles. The molecule has 2 aromatic carbocycles. The van der Waals surface area contributed by atoms with Gasteiger partial charge in [-0.25, -0.2) is 0 Å². The Bertz CT molecular complexity index is 713. The van der Waals surface area contributed by atoms with Crippen molar-refractivity contribution in [2.45, 2.75) is 5.92 Å². The van der Waals surface area contributed by atoms with Crippen LogP contribution in [-0.4, -0.2) is 42.0 Å². The number of likely N-dealkylation sites (N-methyl/N-ethyl adjacent to an activating group) is 1. The van der Waals surface area contributed by atoms with Crippen molar-refractivity contribution < 1.29 is 23.7 Å². The van der Waals surface area contributed by atoms with Gasteiger partial charge in [0, 0.05) is 35.7 Å². The maximum Gasteiger partial charge on any atom is 0.164 e. The molecule has 0 spiro atoms. The first-order valence-electron chi connectivity index (χ1n) is 8.01. The van der Waals surface area contributed by atoms with Crippen LogP contribution in [-0.2, 0) is 0 Å². The topological polar surface area (TPSA) is 58.2 Å². The van der Waals surface area contributed by atoms with Gasteiger partial charge in [-0.15, -0.1) is 0 Å². The molecule has 0 atom stereocenters. The molecule has 1 N–H and O–H groups in total. The van der Waals surface area contributed by atoms with Crippen LogP contribution in [0, 0.1) is 0 Å². The van der Waals surface area contributed by atoms with Gasteiger partial charge >= 0.3 is 0 Å². The quantitative estimate of drug-likeness (QED) is 0.868. The van der Waals surface area contributed by atoms with Crippen LogP contribution in [0.3, 0.4) is 0 Å². The standard InChI is InChI=1S/C19H23NO5/c1-20-10-13-11-6-16(21-2)18(23-4)8-14(11)25-15-9-19(24-5)17(22-3)7-12(13)15/h6-9,13,20H,10H2,1-5H3. The van der Waals surface area contributed by atoms with E-state index < -0.39 is 0 Å². The molecular weight excluding hydrogens is 322 g/mol. The lowest BCUT2D eigenvalue weighted by Crippen LogP contribution is -2.22. The van der Waals surface area contributed by atoms with E-state index in [2.05, 4.69) is 5.32 Å². The van der Waals surface area contributed by atoms with Gasteiger partial charge in [0.25, 0.3) is 0 Å². The fraction of sp³-hybridized carbons (Fsp3) is 0.368. The van der Waals surface area contributed by atoms with E-state index in [0.717, 1.165) is 29.2 Å². The molecule has 0 saturated carbocycles. The molecule has 0 radical (unpaired) electrons. The van der Waals surface area contributed by atoms with E-state index in [1.54, 1.807) is 28.4 Å². The Labute approximate surface area is 147 Å². The minimum atomic E-state index is 0.0864. The summed E-state index contributed by atoms with van der Waals surface area (Å²) in [5.41, 5.74) is 2.07. The number of fused-ring (bicyclic) bond motifs is 2. The smallest absolute Gasteiger partial charge is 0.164 e. The third kappa shape index (κ3) is 2.93. The van der Waals surface area contributed by atoms with Gasteiger partial charge in [0.05, 0.1) is 28.4 Å². The molecule has 1 aliphatic rings. The lowest BCUT2D eigenvalue weighted by atomic mass is 9.87. The monoisotopic (exact) mass is 345 g/mol. The van der Waals surface area contributed by atoms with Crippen LogP contribution in [0.4, 0.5) is 0 Å². The van der Waals surface area contributed by atoms with Gasteiger partial charge in [0.2, 0.25) is 0 Å². The van der Waals surface area contributed by atoms with Crippen LogP contribution in [0.25, 0.3) is 0 Å². The van der Waals surface area contributed by atoms with Crippen molar-refractivity contribution in [3.05, 3.63) is 35.4 Å². The molecule has 0 amide bonds. The lowest BCUT2D eigenvalue weighted by molar-refractivity contribution is 0.343. The Kier molecular flexibility index (Phi) is 4.90. The van der Waals surface area contributed by atoms with Crippen LogP contribution >= 0.6 is 0 Å². The number of benzene rings is 2. The number of ether oxygens (including phenoxy) is 5. The summed E-state index contributed by atoms with van der Waals surface area (Å²) >= 11 is 0. The Morgan fingerprint density at radius 2 is 1.16 bits per heavy atom. The predicted molar refractivity (Wildman–Crippen MR) is 94.9 cm³/mol. The normalized spacial score (nSPS) is 12.7. The number of nitrogens with one attached hydrogen (secondary N) is 1. The van der Waals surface area contributed by atoms with Crippen LogP contribution in [0.1, 0.15) is 17.0 Å². The SMILES string of the molecule is CNCC1c2cc(OC)c(OC)cc2Oc2cc(OC)c(OC)cc21. The van der Waals surface area contributed by atoms with Crippen LogP contribution in [0.2, 0.25) is 0 Å². The Morgan fingerprint density at radius 1 is 0.760 bits per heavy atom. The molecule has 6 heteroatoms. The fourth-order valence-corrected chi connectivity index (χ4v) is 3.18. The number of methoxy groups -OCH3 is 4. The third-order valence-corrected chi connectivity index (χ3v) is 4.41. The summed E-state index contributed by atoms with van der Waals surface area (Å²) in [4.78, 5) is 0. The molecule has 3 rings (SSSR count). The summed E-state index contributed by atoms with van der Waals surface area (Å²) in [6.07, 6.45) is 0. The molecule has 25 heavy (non-hydrogen) atoms. The zero-order valence-corrected chi connectivity index (χ0v) is 15.1. The number of hydrogen-bond acceptors (Lipinski definition) is 6. The Hall–Kier alpha value is -2.60. The van der Waals surface area contributed by atoms with E-state index in [9.17, 15) is 0 Å². The molecule has 0 aliphatic carbocycles. The van der Waals surface area contributed by atoms with Gasteiger partial charge in [-0.2, -0.15) is 0 Å². The lowest BCUT2D eigenvalue weighted by Gasteiger charge is -2.30. The summed E-state index contributed by atoms with van der Waals surface area (Å²) < 4.78 is 27.8. The molecule has 134 valence electrons. The van der Waals surface area contributed by atoms with Crippen LogP contribution in [0.15, 0.2) is 24.3 Å². The van der Waals surface area contributed by atoms with E-state index in [0.29, 0.717) is 23.0 Å². The molecule has 0 aromatic heterocycles. The second-order valence-corrected chi connectivity index (χ2v) is 5.70. The van der Waals surface area contributed by atoms with Gasteiger partial charge in [-0.1, -0.05) is 0 Å². The van der Waals surface area contributed by atoms with Crippen molar-refractivity contribution in [3.8, 4) is 34.5 Å². The summed E-state index contributed by atoms with van der Waals surface area (Å²) in [5.74, 6) is 4.20. The van der Waals surface area contributed by atoms with E-state index in [4.69, 9.17) is 23.7 Å². The van der Waals surface area contributed by atoms with Crippen molar-refractivity contribution in [1.82, 2.24) is 5.32 Å². The summed E-state index contributed by atoms with van der Waals surface area (Å²) in [7, 11) is 8.40. The van der Waals surface area contributed by atoms with Crippen molar-refractivity contribution in [2.24, 2.45) is 0 Å². The average Bonchev–Trinajstić information content (AvgIpc) is 2.65. The maximum absolute atomic E-state index is 6.14. The zero-order valence-electron chi connectivity index (χ0n) is 15.1. The second-order valence-electron chi connectivity index (χ2n) is 5.70. The van der Waals surface area contributed by atoms with Gasteiger partial charge in [-0.3, -0.25) is 0 Å². The molecule has 6 nitrogen and oxygen atoms in total. The van der Waals surface area contributed by atoms with Gasteiger partial charge < -0.3 is 29.0 Å². The molecule has 0 fully saturated rings. The van der Waals surface area contributed by atoms with E-state index >= 15 is 0 Å². The van der Waals surface area contributed by atoms with Crippen molar-refractivity contribution in [1.29, 1.82) is 0 Å².